The van der Waals surface area contributed by atoms with E-state index in [-0.39, 0.29) is 6.04 Å². The largest absolute Gasteiger partial charge is 0.411 e. The van der Waals surface area contributed by atoms with Crippen LogP contribution in [0.15, 0.2) is 17.5 Å². The predicted molar refractivity (Wildman–Crippen MR) is 60.7 cm³/mol. The minimum absolute atomic E-state index is 0.265. The Balaban J connectivity index is 2.00. The molecule has 2 aliphatic rings. The van der Waals surface area contributed by atoms with Crippen molar-refractivity contribution in [3.63, 3.8) is 0 Å². The molecular weight excluding hydrogens is 202 g/mol. The Morgan fingerprint density at radius 2 is 2.44 bits per heavy atom. The summed E-state index contributed by atoms with van der Waals surface area (Å²) < 4.78 is 2.21. The van der Waals surface area contributed by atoms with E-state index in [1.165, 1.54) is 19.3 Å². The van der Waals surface area contributed by atoms with Gasteiger partial charge in [-0.3, -0.25) is 0 Å². The molecule has 4 heteroatoms. The van der Waals surface area contributed by atoms with Crippen LogP contribution in [0.4, 0.5) is 0 Å². The van der Waals surface area contributed by atoms with Crippen molar-refractivity contribution in [1.29, 1.82) is 0 Å². The summed E-state index contributed by atoms with van der Waals surface area (Å²) in [6, 6.07) is 0.265. The molecule has 2 bridgehead atoms. The Morgan fingerprint density at radius 3 is 3.19 bits per heavy atom. The van der Waals surface area contributed by atoms with Crippen LogP contribution in [-0.2, 0) is 6.42 Å². The third kappa shape index (κ3) is 1.22. The zero-order chi connectivity index (χ0) is 11.1. The highest BCUT2D eigenvalue weighted by Crippen LogP contribution is 2.49. The molecule has 86 valence electrons. The molecule has 0 saturated heterocycles. The quantitative estimate of drug-likeness (QED) is 0.612. The standard InChI is InChI=1S/C12H17N3O/c1-2-10-13-5-6-15(10)12-9-4-3-8(7-9)11(12)14-16/h5-6,8-9,12,16H,2-4,7H2,1H3. The third-order valence-corrected chi connectivity index (χ3v) is 4.12. The molecule has 1 N–H and O–H groups in total. The summed E-state index contributed by atoms with van der Waals surface area (Å²) >= 11 is 0. The Kier molecular flexibility index (Phi) is 2.23. The van der Waals surface area contributed by atoms with Gasteiger partial charge in [0.1, 0.15) is 5.82 Å². The molecule has 0 aromatic carbocycles. The van der Waals surface area contributed by atoms with Gasteiger partial charge in [-0.2, -0.15) is 0 Å². The summed E-state index contributed by atoms with van der Waals surface area (Å²) in [7, 11) is 0. The van der Waals surface area contributed by atoms with Gasteiger partial charge in [-0.1, -0.05) is 12.1 Å². The molecule has 0 aliphatic heterocycles. The lowest BCUT2D eigenvalue weighted by Crippen LogP contribution is -2.26. The molecule has 0 radical (unpaired) electrons. The van der Waals surface area contributed by atoms with E-state index in [4.69, 9.17) is 0 Å². The first-order chi connectivity index (χ1) is 7.85. The van der Waals surface area contributed by atoms with E-state index < -0.39 is 0 Å². The van der Waals surface area contributed by atoms with Gasteiger partial charge >= 0.3 is 0 Å². The van der Waals surface area contributed by atoms with Gasteiger partial charge in [0.2, 0.25) is 0 Å². The van der Waals surface area contributed by atoms with Crippen LogP contribution >= 0.6 is 0 Å². The molecule has 0 amide bonds. The zero-order valence-corrected chi connectivity index (χ0v) is 9.50. The normalized spacial score (nSPS) is 35.1. The van der Waals surface area contributed by atoms with E-state index >= 15 is 0 Å². The van der Waals surface area contributed by atoms with E-state index in [1.54, 1.807) is 0 Å². The third-order valence-electron chi connectivity index (χ3n) is 4.12. The molecule has 2 aliphatic carbocycles. The predicted octanol–water partition coefficient (Wildman–Crippen LogP) is 2.25. The maximum Gasteiger partial charge on any atom is 0.108 e. The molecule has 0 spiro atoms. The van der Waals surface area contributed by atoms with Crippen molar-refractivity contribution in [3.8, 4) is 0 Å². The highest BCUT2D eigenvalue weighted by molar-refractivity contribution is 5.93. The van der Waals surface area contributed by atoms with Crippen molar-refractivity contribution in [3.05, 3.63) is 18.2 Å². The Bertz CT molecular complexity index is 424. The van der Waals surface area contributed by atoms with Crippen LogP contribution in [0.3, 0.4) is 0 Å². The van der Waals surface area contributed by atoms with Crippen LogP contribution < -0.4 is 0 Å². The van der Waals surface area contributed by atoms with E-state index in [0.717, 1.165) is 18.0 Å². The van der Waals surface area contributed by atoms with Crippen LogP contribution in [0.5, 0.6) is 0 Å². The second kappa shape index (κ2) is 3.61. The Morgan fingerprint density at radius 1 is 1.56 bits per heavy atom. The lowest BCUT2D eigenvalue weighted by atomic mass is 9.93. The van der Waals surface area contributed by atoms with Crippen molar-refractivity contribution in [1.82, 2.24) is 9.55 Å². The fourth-order valence-electron chi connectivity index (χ4n) is 3.44. The molecule has 1 heterocycles. The number of hydrogen-bond acceptors (Lipinski definition) is 3. The molecule has 16 heavy (non-hydrogen) atoms. The fourth-order valence-corrected chi connectivity index (χ4v) is 3.44. The van der Waals surface area contributed by atoms with Crippen molar-refractivity contribution in [2.75, 3.05) is 0 Å². The second-order valence-electron chi connectivity index (χ2n) is 4.84. The van der Waals surface area contributed by atoms with Gasteiger partial charge < -0.3 is 9.77 Å². The SMILES string of the molecule is CCc1nccn1C1C(=NO)C2CCC1C2. The summed E-state index contributed by atoms with van der Waals surface area (Å²) in [6.07, 6.45) is 8.44. The molecule has 2 fully saturated rings. The van der Waals surface area contributed by atoms with Crippen molar-refractivity contribution in [2.24, 2.45) is 17.0 Å². The van der Waals surface area contributed by atoms with Gasteiger partial charge in [0.05, 0.1) is 11.8 Å². The first-order valence-corrected chi connectivity index (χ1v) is 6.08. The number of aryl methyl sites for hydroxylation is 1. The first kappa shape index (κ1) is 9.87. The molecule has 4 nitrogen and oxygen atoms in total. The maximum atomic E-state index is 9.18. The summed E-state index contributed by atoms with van der Waals surface area (Å²) in [5, 5.41) is 12.7. The highest BCUT2D eigenvalue weighted by atomic mass is 16.4. The lowest BCUT2D eigenvalue weighted by Gasteiger charge is -2.25. The number of aromatic nitrogens is 2. The zero-order valence-electron chi connectivity index (χ0n) is 9.50. The summed E-state index contributed by atoms with van der Waals surface area (Å²) in [4.78, 5) is 4.36. The number of fused-ring (bicyclic) bond motifs is 2. The molecule has 3 rings (SSSR count). The van der Waals surface area contributed by atoms with Gasteiger partial charge in [0, 0.05) is 24.7 Å². The Labute approximate surface area is 95.0 Å². The summed E-state index contributed by atoms with van der Waals surface area (Å²) in [5.41, 5.74) is 0.976. The Hall–Kier alpha value is -1.32. The number of nitrogens with zero attached hydrogens (tertiary/aromatic N) is 3. The topological polar surface area (TPSA) is 50.4 Å². The number of rotatable bonds is 2. The first-order valence-electron chi connectivity index (χ1n) is 6.08. The van der Waals surface area contributed by atoms with Crippen LogP contribution in [0.2, 0.25) is 0 Å². The molecule has 1 aromatic rings. The monoisotopic (exact) mass is 219 g/mol. The minimum atomic E-state index is 0.265. The average Bonchev–Trinajstić information content (AvgIpc) is 3.01. The molecule has 1 aromatic heterocycles. The number of imidazole rings is 1. The van der Waals surface area contributed by atoms with Crippen LogP contribution in [0.1, 0.15) is 38.1 Å². The van der Waals surface area contributed by atoms with Crippen LogP contribution in [-0.4, -0.2) is 20.5 Å². The van der Waals surface area contributed by atoms with Crippen LogP contribution in [0, 0.1) is 11.8 Å². The molecule has 3 atom stereocenters. The number of hydrogen-bond donors (Lipinski definition) is 1. The average molecular weight is 219 g/mol. The molecule has 2 saturated carbocycles. The lowest BCUT2D eigenvalue weighted by molar-refractivity contribution is 0.306. The van der Waals surface area contributed by atoms with Crippen molar-refractivity contribution < 1.29 is 5.21 Å². The van der Waals surface area contributed by atoms with E-state index in [2.05, 4.69) is 21.6 Å². The second-order valence-corrected chi connectivity index (χ2v) is 4.84. The van der Waals surface area contributed by atoms with E-state index in [9.17, 15) is 5.21 Å². The molecular formula is C12H17N3O. The highest BCUT2D eigenvalue weighted by Gasteiger charge is 2.46. The summed E-state index contributed by atoms with van der Waals surface area (Å²) in [6.45, 7) is 2.11. The maximum absolute atomic E-state index is 9.18. The van der Waals surface area contributed by atoms with Gasteiger partial charge in [0.15, 0.2) is 0 Å². The van der Waals surface area contributed by atoms with E-state index in [0.29, 0.717) is 11.8 Å². The smallest absolute Gasteiger partial charge is 0.108 e. The van der Waals surface area contributed by atoms with Crippen molar-refractivity contribution in [2.45, 2.75) is 38.6 Å². The van der Waals surface area contributed by atoms with Gasteiger partial charge in [-0.05, 0) is 25.2 Å². The van der Waals surface area contributed by atoms with Crippen molar-refractivity contribution >= 4 is 5.71 Å². The van der Waals surface area contributed by atoms with E-state index in [1.807, 2.05) is 12.4 Å². The molecule has 3 unspecified atom stereocenters. The summed E-state index contributed by atoms with van der Waals surface area (Å²) in [5.74, 6) is 2.25. The van der Waals surface area contributed by atoms with Gasteiger partial charge in [-0.25, -0.2) is 4.98 Å². The fraction of sp³-hybridized carbons (Fsp3) is 0.667. The van der Waals surface area contributed by atoms with Gasteiger partial charge in [0.25, 0.3) is 0 Å². The van der Waals surface area contributed by atoms with Crippen LogP contribution in [0.25, 0.3) is 0 Å². The minimum Gasteiger partial charge on any atom is -0.411 e. The van der Waals surface area contributed by atoms with Gasteiger partial charge in [-0.15, -0.1) is 0 Å². The number of oxime groups is 1.